The Hall–Kier alpha value is -1.67. The Labute approximate surface area is 94.9 Å². The van der Waals surface area contributed by atoms with Crippen LogP contribution in [0.5, 0.6) is 0 Å². The van der Waals surface area contributed by atoms with Gasteiger partial charge in [-0.2, -0.15) is 5.26 Å². The number of rotatable bonds is 3. The maximum Gasteiger partial charge on any atom is 0.336 e. The minimum absolute atomic E-state index is 0.00296. The molecule has 84 valence electrons. The first-order chi connectivity index (χ1) is 7.52. The van der Waals surface area contributed by atoms with Gasteiger partial charge in [0, 0.05) is 11.4 Å². The summed E-state index contributed by atoms with van der Waals surface area (Å²) in [5.41, 5.74) is -1.28. The molecule has 1 aromatic rings. The van der Waals surface area contributed by atoms with Crippen LogP contribution in [0, 0.1) is 11.3 Å². The summed E-state index contributed by atoms with van der Waals surface area (Å²) >= 11 is 5.48. The second kappa shape index (κ2) is 4.90. The SMILES string of the molecule is N#Cc1ccc(C(F)F)c(C(=O)O)c1CCl. The van der Waals surface area contributed by atoms with Gasteiger partial charge in [-0.25, -0.2) is 13.6 Å². The number of benzene rings is 1. The van der Waals surface area contributed by atoms with E-state index in [1.165, 1.54) is 0 Å². The molecule has 0 aliphatic rings. The first kappa shape index (κ1) is 12.4. The zero-order valence-corrected chi connectivity index (χ0v) is 8.63. The Morgan fingerprint density at radius 3 is 2.56 bits per heavy atom. The smallest absolute Gasteiger partial charge is 0.336 e. The highest BCUT2D eigenvalue weighted by molar-refractivity contribution is 6.18. The lowest BCUT2D eigenvalue weighted by atomic mass is 9.97. The highest BCUT2D eigenvalue weighted by atomic mass is 35.5. The number of alkyl halides is 3. The molecule has 0 bridgehead atoms. The highest BCUT2D eigenvalue weighted by Gasteiger charge is 2.23. The summed E-state index contributed by atoms with van der Waals surface area (Å²) in [4.78, 5) is 10.9. The Bertz CT molecular complexity index is 469. The largest absolute Gasteiger partial charge is 0.478 e. The quantitative estimate of drug-likeness (QED) is 0.833. The zero-order chi connectivity index (χ0) is 12.3. The number of carbonyl (C=O) groups is 1. The van der Waals surface area contributed by atoms with Crippen LogP contribution in [0.3, 0.4) is 0 Å². The van der Waals surface area contributed by atoms with E-state index in [1.54, 1.807) is 6.07 Å². The molecule has 1 N–H and O–H groups in total. The maximum absolute atomic E-state index is 12.6. The van der Waals surface area contributed by atoms with E-state index in [0.29, 0.717) is 0 Å². The second-order valence-electron chi connectivity index (χ2n) is 2.91. The molecule has 3 nitrogen and oxygen atoms in total. The molecule has 0 heterocycles. The molecule has 0 aliphatic carbocycles. The fourth-order valence-corrected chi connectivity index (χ4v) is 1.62. The maximum atomic E-state index is 12.6. The molecule has 0 unspecified atom stereocenters. The highest BCUT2D eigenvalue weighted by Crippen LogP contribution is 2.28. The Kier molecular flexibility index (Phi) is 3.80. The van der Waals surface area contributed by atoms with Crippen molar-refractivity contribution in [3.63, 3.8) is 0 Å². The van der Waals surface area contributed by atoms with Crippen molar-refractivity contribution >= 4 is 17.6 Å². The summed E-state index contributed by atoms with van der Waals surface area (Å²) in [7, 11) is 0. The minimum atomic E-state index is -2.92. The third-order valence-corrected chi connectivity index (χ3v) is 2.32. The Morgan fingerprint density at radius 1 is 1.56 bits per heavy atom. The lowest BCUT2D eigenvalue weighted by molar-refractivity contribution is 0.0683. The van der Waals surface area contributed by atoms with E-state index >= 15 is 0 Å². The van der Waals surface area contributed by atoms with E-state index in [4.69, 9.17) is 22.0 Å². The molecule has 6 heteroatoms. The van der Waals surface area contributed by atoms with Crippen molar-refractivity contribution in [1.29, 1.82) is 5.26 Å². The van der Waals surface area contributed by atoms with Crippen molar-refractivity contribution < 1.29 is 18.7 Å². The van der Waals surface area contributed by atoms with E-state index in [2.05, 4.69) is 0 Å². The van der Waals surface area contributed by atoms with Gasteiger partial charge in [0.15, 0.2) is 0 Å². The number of aromatic carboxylic acids is 1. The number of nitriles is 1. The number of hydrogen-bond acceptors (Lipinski definition) is 2. The van der Waals surface area contributed by atoms with Crippen molar-refractivity contribution in [2.45, 2.75) is 12.3 Å². The summed E-state index contributed by atoms with van der Waals surface area (Å²) in [5, 5.41) is 17.5. The topological polar surface area (TPSA) is 61.1 Å². The number of halogens is 3. The number of hydrogen-bond donors (Lipinski definition) is 1. The molecule has 0 atom stereocenters. The first-order valence-corrected chi connectivity index (χ1v) is 4.69. The molecule has 0 fully saturated rings. The van der Waals surface area contributed by atoms with Gasteiger partial charge in [-0.15, -0.1) is 11.6 Å². The zero-order valence-electron chi connectivity index (χ0n) is 7.88. The molecule has 0 spiro atoms. The predicted molar refractivity (Wildman–Crippen MR) is 52.6 cm³/mol. The van der Waals surface area contributed by atoms with Gasteiger partial charge in [-0.1, -0.05) is 6.07 Å². The molecular weight excluding hydrogens is 240 g/mol. The van der Waals surface area contributed by atoms with Gasteiger partial charge in [0.2, 0.25) is 0 Å². The predicted octanol–water partition coefficient (Wildman–Crippen LogP) is 2.93. The van der Waals surface area contributed by atoms with Gasteiger partial charge >= 0.3 is 5.97 Å². The average molecular weight is 246 g/mol. The number of carboxylic acid groups (broad SMARTS) is 1. The first-order valence-electron chi connectivity index (χ1n) is 4.16. The van der Waals surface area contributed by atoms with Crippen molar-refractivity contribution in [2.24, 2.45) is 0 Å². The Morgan fingerprint density at radius 2 is 2.19 bits per heavy atom. The van der Waals surface area contributed by atoms with Crippen LogP contribution in [-0.2, 0) is 5.88 Å². The van der Waals surface area contributed by atoms with E-state index in [9.17, 15) is 13.6 Å². The molecule has 0 saturated heterocycles. The molecule has 0 saturated carbocycles. The van der Waals surface area contributed by atoms with Gasteiger partial charge in [0.1, 0.15) is 0 Å². The van der Waals surface area contributed by atoms with E-state index in [0.717, 1.165) is 12.1 Å². The summed E-state index contributed by atoms with van der Waals surface area (Å²) < 4.78 is 25.1. The van der Waals surface area contributed by atoms with Crippen LogP contribution in [0.2, 0.25) is 0 Å². The normalized spacial score (nSPS) is 10.2. The van der Waals surface area contributed by atoms with Crippen LogP contribution >= 0.6 is 11.6 Å². The van der Waals surface area contributed by atoms with Crippen molar-refractivity contribution in [3.05, 3.63) is 34.4 Å². The van der Waals surface area contributed by atoms with Crippen LogP contribution in [-0.4, -0.2) is 11.1 Å². The van der Waals surface area contributed by atoms with Crippen molar-refractivity contribution in [2.75, 3.05) is 0 Å². The Balaban J connectivity index is 3.58. The van der Waals surface area contributed by atoms with E-state index < -0.39 is 23.5 Å². The van der Waals surface area contributed by atoms with E-state index in [1.807, 2.05) is 0 Å². The number of nitrogens with zero attached hydrogens (tertiary/aromatic N) is 1. The monoisotopic (exact) mass is 245 g/mol. The van der Waals surface area contributed by atoms with Crippen LogP contribution in [0.1, 0.15) is 33.5 Å². The van der Waals surface area contributed by atoms with Crippen LogP contribution < -0.4 is 0 Å². The third kappa shape index (κ3) is 2.12. The molecule has 0 amide bonds. The summed E-state index contributed by atoms with van der Waals surface area (Å²) in [6.45, 7) is 0. The summed E-state index contributed by atoms with van der Waals surface area (Å²) in [6.07, 6.45) is -2.92. The molecule has 1 rings (SSSR count). The van der Waals surface area contributed by atoms with Crippen LogP contribution in [0.4, 0.5) is 8.78 Å². The van der Waals surface area contributed by atoms with Crippen molar-refractivity contribution in [1.82, 2.24) is 0 Å². The fraction of sp³-hybridized carbons (Fsp3) is 0.200. The van der Waals surface area contributed by atoms with Crippen LogP contribution in [0.25, 0.3) is 0 Å². The number of carboxylic acids is 1. The molecular formula is C10H6ClF2NO2. The standard InChI is InChI=1S/C10H6ClF2NO2/c11-3-7-5(4-14)1-2-6(9(12)13)8(7)10(15)16/h1-2,9H,3H2,(H,15,16). The molecule has 0 radical (unpaired) electrons. The lowest BCUT2D eigenvalue weighted by Gasteiger charge is -2.10. The second-order valence-corrected chi connectivity index (χ2v) is 3.17. The summed E-state index contributed by atoms with van der Waals surface area (Å²) in [5.74, 6) is -1.81. The average Bonchev–Trinajstić information content (AvgIpc) is 2.26. The lowest BCUT2D eigenvalue weighted by Crippen LogP contribution is -2.08. The van der Waals surface area contributed by atoms with Gasteiger partial charge in [0.25, 0.3) is 6.43 Å². The third-order valence-electron chi connectivity index (χ3n) is 2.05. The fourth-order valence-electron chi connectivity index (χ4n) is 1.34. The summed E-state index contributed by atoms with van der Waals surface area (Å²) in [6, 6.07) is 3.79. The minimum Gasteiger partial charge on any atom is -0.478 e. The van der Waals surface area contributed by atoms with Crippen LogP contribution in [0.15, 0.2) is 12.1 Å². The van der Waals surface area contributed by atoms with Gasteiger partial charge < -0.3 is 5.11 Å². The molecule has 0 aliphatic heterocycles. The van der Waals surface area contributed by atoms with Gasteiger partial charge in [-0.05, 0) is 11.6 Å². The molecule has 1 aromatic carbocycles. The van der Waals surface area contributed by atoms with Gasteiger partial charge in [0.05, 0.1) is 17.2 Å². The van der Waals surface area contributed by atoms with E-state index in [-0.39, 0.29) is 17.0 Å². The molecule has 16 heavy (non-hydrogen) atoms. The molecule has 0 aromatic heterocycles. The van der Waals surface area contributed by atoms with Crippen molar-refractivity contribution in [3.8, 4) is 6.07 Å². The van der Waals surface area contributed by atoms with Gasteiger partial charge in [-0.3, -0.25) is 0 Å².